The molecule has 0 aromatic heterocycles. The third-order valence-corrected chi connectivity index (χ3v) is 3.64. The van der Waals surface area contributed by atoms with Crippen molar-refractivity contribution in [1.82, 2.24) is 10.6 Å². The van der Waals surface area contributed by atoms with Crippen LogP contribution in [0.25, 0.3) is 0 Å². The van der Waals surface area contributed by atoms with Crippen molar-refractivity contribution < 1.29 is 14.6 Å². The van der Waals surface area contributed by atoms with Gasteiger partial charge in [0.25, 0.3) is 0 Å². The molecule has 1 aromatic carbocycles. The van der Waals surface area contributed by atoms with Gasteiger partial charge in [-0.3, -0.25) is 4.79 Å². The maximum atomic E-state index is 12.0. The van der Waals surface area contributed by atoms with Gasteiger partial charge in [0.15, 0.2) is 0 Å². The number of rotatable bonds is 5. The van der Waals surface area contributed by atoms with Crippen LogP contribution in [0, 0.1) is 5.92 Å². The predicted molar refractivity (Wildman–Crippen MR) is 83.8 cm³/mol. The monoisotopic (exact) mass is 314 g/mol. The van der Waals surface area contributed by atoms with E-state index in [4.69, 9.17) is 4.74 Å². The molecule has 3 N–H and O–H groups in total. The zero-order chi connectivity index (χ0) is 14.4. The predicted octanol–water partition coefficient (Wildman–Crippen LogP) is 1.27. The van der Waals surface area contributed by atoms with Crippen LogP contribution < -0.4 is 15.4 Å². The highest BCUT2D eigenvalue weighted by Gasteiger charge is 2.21. The number of carbonyl (C=O) groups is 1. The van der Waals surface area contributed by atoms with Gasteiger partial charge in [-0.05, 0) is 37.1 Å². The first-order chi connectivity index (χ1) is 9.70. The first kappa shape index (κ1) is 17.8. The number of halogens is 1. The van der Waals surface area contributed by atoms with E-state index in [0.717, 1.165) is 37.2 Å². The fraction of sp³-hybridized carbons (Fsp3) is 0.533. The van der Waals surface area contributed by atoms with E-state index in [-0.39, 0.29) is 30.8 Å². The molecule has 2 rings (SSSR count). The molecule has 6 heteroatoms. The molecule has 0 bridgehead atoms. The van der Waals surface area contributed by atoms with E-state index >= 15 is 0 Å². The molecular formula is C15H23ClN2O3. The Morgan fingerprint density at radius 2 is 2.19 bits per heavy atom. The van der Waals surface area contributed by atoms with E-state index in [1.54, 1.807) is 31.4 Å². The Bertz CT molecular complexity index is 433. The zero-order valence-corrected chi connectivity index (χ0v) is 13.0. The Hall–Kier alpha value is -1.30. The van der Waals surface area contributed by atoms with Crippen molar-refractivity contribution in [1.29, 1.82) is 0 Å². The van der Waals surface area contributed by atoms with Crippen LogP contribution in [-0.4, -0.2) is 37.8 Å². The summed E-state index contributed by atoms with van der Waals surface area (Å²) < 4.78 is 5.07. The SMILES string of the molecule is COc1ccc(C(O)CNC(=O)C2CCCNC2)cc1.Cl. The molecule has 0 radical (unpaired) electrons. The standard InChI is InChI=1S/C15H22N2O3.ClH/c1-20-13-6-4-11(5-7-13)14(18)10-17-15(19)12-3-2-8-16-9-12;/h4-7,12,14,16,18H,2-3,8-10H2,1H3,(H,17,19);1H. The van der Waals surface area contributed by atoms with Crippen molar-refractivity contribution in [3.63, 3.8) is 0 Å². The van der Waals surface area contributed by atoms with E-state index in [1.807, 2.05) is 0 Å². The minimum absolute atomic E-state index is 0. The molecule has 2 unspecified atom stereocenters. The topological polar surface area (TPSA) is 70.6 Å². The highest BCUT2D eigenvalue weighted by molar-refractivity contribution is 5.85. The van der Waals surface area contributed by atoms with Crippen LogP contribution in [0.2, 0.25) is 0 Å². The number of carbonyl (C=O) groups excluding carboxylic acids is 1. The minimum Gasteiger partial charge on any atom is -0.497 e. The van der Waals surface area contributed by atoms with E-state index in [2.05, 4.69) is 10.6 Å². The van der Waals surface area contributed by atoms with Crippen molar-refractivity contribution in [2.24, 2.45) is 5.92 Å². The minimum atomic E-state index is -0.693. The van der Waals surface area contributed by atoms with Crippen molar-refractivity contribution >= 4 is 18.3 Å². The van der Waals surface area contributed by atoms with Crippen LogP contribution in [0.15, 0.2) is 24.3 Å². The highest BCUT2D eigenvalue weighted by Crippen LogP contribution is 2.17. The summed E-state index contributed by atoms with van der Waals surface area (Å²) in [5.74, 6) is 0.787. The lowest BCUT2D eigenvalue weighted by Crippen LogP contribution is -2.41. The molecule has 0 aliphatic carbocycles. The summed E-state index contributed by atoms with van der Waals surface area (Å²) in [5.41, 5.74) is 0.771. The van der Waals surface area contributed by atoms with Crippen molar-refractivity contribution in [3.8, 4) is 5.75 Å². The van der Waals surface area contributed by atoms with Crippen LogP contribution in [0.4, 0.5) is 0 Å². The summed E-state index contributed by atoms with van der Waals surface area (Å²) >= 11 is 0. The number of methoxy groups -OCH3 is 1. The second-order valence-electron chi connectivity index (χ2n) is 5.08. The molecule has 1 aromatic rings. The Kier molecular flexibility index (Phi) is 7.50. The number of aliphatic hydroxyl groups excluding tert-OH is 1. The molecule has 1 heterocycles. The summed E-state index contributed by atoms with van der Waals surface area (Å²) in [4.78, 5) is 12.0. The normalized spacial score (nSPS) is 19.2. The number of hydrogen-bond donors (Lipinski definition) is 3. The number of aliphatic hydroxyl groups is 1. The number of amides is 1. The summed E-state index contributed by atoms with van der Waals surface area (Å²) in [7, 11) is 1.60. The van der Waals surface area contributed by atoms with Crippen LogP contribution in [0.1, 0.15) is 24.5 Å². The van der Waals surface area contributed by atoms with Gasteiger partial charge in [-0.25, -0.2) is 0 Å². The van der Waals surface area contributed by atoms with Crippen molar-refractivity contribution in [2.45, 2.75) is 18.9 Å². The summed E-state index contributed by atoms with van der Waals surface area (Å²) in [6.45, 7) is 1.95. The van der Waals surface area contributed by atoms with E-state index in [9.17, 15) is 9.90 Å². The lowest BCUT2D eigenvalue weighted by atomic mass is 9.98. The van der Waals surface area contributed by atoms with Crippen LogP contribution in [0.5, 0.6) is 5.75 Å². The largest absolute Gasteiger partial charge is 0.497 e. The van der Waals surface area contributed by atoms with Gasteiger partial charge in [0, 0.05) is 13.1 Å². The number of piperidine rings is 1. The molecule has 21 heavy (non-hydrogen) atoms. The van der Waals surface area contributed by atoms with Crippen molar-refractivity contribution in [2.75, 3.05) is 26.7 Å². The van der Waals surface area contributed by atoms with E-state index in [0.29, 0.717) is 0 Å². The molecule has 0 saturated carbocycles. The molecule has 2 atom stereocenters. The number of ether oxygens (including phenoxy) is 1. The Morgan fingerprint density at radius 3 is 2.76 bits per heavy atom. The number of nitrogens with one attached hydrogen (secondary N) is 2. The molecular weight excluding hydrogens is 292 g/mol. The molecule has 5 nitrogen and oxygen atoms in total. The smallest absolute Gasteiger partial charge is 0.224 e. The van der Waals surface area contributed by atoms with Crippen LogP contribution >= 0.6 is 12.4 Å². The molecule has 0 spiro atoms. The Labute approximate surface area is 131 Å². The van der Waals surface area contributed by atoms with Gasteiger partial charge in [0.05, 0.1) is 19.1 Å². The quantitative estimate of drug-likeness (QED) is 0.765. The van der Waals surface area contributed by atoms with Crippen molar-refractivity contribution in [3.05, 3.63) is 29.8 Å². The summed E-state index contributed by atoms with van der Waals surface area (Å²) in [6.07, 6.45) is 1.25. The van der Waals surface area contributed by atoms with Gasteiger partial charge in [-0.15, -0.1) is 12.4 Å². The fourth-order valence-corrected chi connectivity index (χ4v) is 2.36. The summed E-state index contributed by atoms with van der Waals surface area (Å²) in [5, 5.41) is 16.1. The van der Waals surface area contributed by atoms with E-state index < -0.39 is 6.10 Å². The molecule has 1 saturated heterocycles. The highest BCUT2D eigenvalue weighted by atomic mass is 35.5. The Morgan fingerprint density at radius 1 is 1.48 bits per heavy atom. The molecule has 118 valence electrons. The molecule has 1 aliphatic heterocycles. The number of benzene rings is 1. The van der Waals surface area contributed by atoms with E-state index in [1.165, 1.54) is 0 Å². The third kappa shape index (κ3) is 5.19. The number of hydrogen-bond acceptors (Lipinski definition) is 4. The second-order valence-corrected chi connectivity index (χ2v) is 5.08. The molecule has 1 amide bonds. The molecule has 1 aliphatic rings. The average molecular weight is 315 g/mol. The second kappa shape index (κ2) is 8.87. The average Bonchev–Trinajstić information content (AvgIpc) is 2.53. The first-order valence-corrected chi connectivity index (χ1v) is 7.01. The zero-order valence-electron chi connectivity index (χ0n) is 12.2. The van der Waals surface area contributed by atoms with Crippen LogP contribution in [0.3, 0.4) is 0 Å². The van der Waals surface area contributed by atoms with Gasteiger partial charge in [0.2, 0.25) is 5.91 Å². The first-order valence-electron chi connectivity index (χ1n) is 7.01. The maximum absolute atomic E-state index is 12.0. The lowest BCUT2D eigenvalue weighted by molar-refractivity contribution is -0.125. The third-order valence-electron chi connectivity index (χ3n) is 3.64. The van der Waals surface area contributed by atoms with Gasteiger partial charge >= 0.3 is 0 Å². The Balaban J connectivity index is 0.00000220. The van der Waals surface area contributed by atoms with Gasteiger partial charge in [-0.2, -0.15) is 0 Å². The van der Waals surface area contributed by atoms with Gasteiger partial charge in [-0.1, -0.05) is 12.1 Å². The van der Waals surface area contributed by atoms with Gasteiger partial charge < -0.3 is 20.5 Å². The van der Waals surface area contributed by atoms with Gasteiger partial charge in [0.1, 0.15) is 5.75 Å². The fourth-order valence-electron chi connectivity index (χ4n) is 2.36. The summed E-state index contributed by atoms with van der Waals surface area (Å²) in [6, 6.07) is 7.20. The lowest BCUT2D eigenvalue weighted by Gasteiger charge is -2.22. The molecule has 1 fully saturated rings. The van der Waals surface area contributed by atoms with Crippen LogP contribution in [-0.2, 0) is 4.79 Å². The maximum Gasteiger partial charge on any atom is 0.224 e.